The summed E-state index contributed by atoms with van der Waals surface area (Å²) in [6, 6.07) is 5.14. The van der Waals surface area contributed by atoms with Crippen LogP contribution >= 0.6 is 0 Å². The quantitative estimate of drug-likeness (QED) is 0.0568. The molecule has 0 aliphatic carbocycles. The highest BCUT2D eigenvalue weighted by Gasteiger charge is 2.39. The predicted molar refractivity (Wildman–Crippen MR) is 227 cm³/mol. The van der Waals surface area contributed by atoms with Crippen molar-refractivity contribution < 1.29 is 62.4 Å². The minimum Gasteiger partial charge on any atom is -0.447 e. The van der Waals surface area contributed by atoms with Crippen LogP contribution in [0, 0.1) is 17.8 Å². The molecular weight excluding hydrogens is 812 g/mol. The van der Waals surface area contributed by atoms with E-state index in [0.717, 1.165) is 6.42 Å². The third-order valence-electron chi connectivity index (χ3n) is 9.21. The van der Waals surface area contributed by atoms with Crippen molar-refractivity contribution in [3.8, 4) is 0 Å². The van der Waals surface area contributed by atoms with E-state index in [0.29, 0.717) is 37.3 Å². The molecule has 2 rings (SSSR count). The Bertz CT molecular complexity index is 1580. The van der Waals surface area contributed by atoms with E-state index in [1.54, 1.807) is 57.0 Å². The number of anilines is 1. The van der Waals surface area contributed by atoms with E-state index in [1.165, 1.54) is 9.80 Å². The fourth-order valence-corrected chi connectivity index (χ4v) is 5.58. The van der Waals surface area contributed by atoms with Gasteiger partial charge in [-0.05, 0) is 36.0 Å². The molecule has 1 heterocycles. The number of carbonyl (C=O) groups excluding carboxylic acids is 8. The highest BCUT2D eigenvalue weighted by molar-refractivity contribution is 6.03. The summed E-state index contributed by atoms with van der Waals surface area (Å²) < 4.78 is 21.1. The van der Waals surface area contributed by atoms with Gasteiger partial charge < -0.3 is 60.9 Å². The maximum atomic E-state index is 12.8. The molecule has 0 radical (unpaired) electrons. The number of nitrogens with one attached hydrogen (secondary N) is 4. The number of nitrogens with two attached hydrogens (primary N) is 1. The standard InChI is InChI=1S/C37H58N6O12.C4H10N2O/c1-7-31(46)42(14-17-52-19-16-44)13-12-41(6)37(51)55-24-27-8-10-28(11-9-27)39-30(45)23-38-34(48)33(26(4)5)40-36(50)54-21-20-53-18-15-43-32(47)22-29(25(2)3)35(43)49;1-2-3-6-4(5)7/h8-11,25-26,29,33,44H,7,12-24H2,1-6H3,(H,38,48)(H,39,45)(H,40,50);2-3H2,1H3,(H3,5,6,7). The van der Waals surface area contributed by atoms with Crippen LogP contribution in [0.1, 0.15) is 66.4 Å². The number of amides is 9. The van der Waals surface area contributed by atoms with E-state index in [-0.39, 0.29) is 108 Å². The van der Waals surface area contributed by atoms with E-state index >= 15 is 0 Å². The normalized spacial score (nSPS) is 13.8. The van der Waals surface area contributed by atoms with Gasteiger partial charge in [-0.25, -0.2) is 14.4 Å². The van der Waals surface area contributed by atoms with Crippen molar-refractivity contribution in [1.82, 2.24) is 30.7 Å². The summed E-state index contributed by atoms with van der Waals surface area (Å²) in [5.74, 6) is -2.18. The zero-order chi connectivity index (χ0) is 46.6. The zero-order valence-electron chi connectivity index (χ0n) is 37.2. The number of alkyl carbamates (subject to hydrolysis) is 1. The van der Waals surface area contributed by atoms with E-state index in [1.807, 2.05) is 20.8 Å². The van der Waals surface area contributed by atoms with Gasteiger partial charge in [0.15, 0.2) is 0 Å². The summed E-state index contributed by atoms with van der Waals surface area (Å²) in [5, 5.41) is 18.9. The van der Waals surface area contributed by atoms with Crippen LogP contribution in [0.25, 0.3) is 0 Å². The number of aliphatic hydroxyl groups is 1. The number of primary amides is 1. The first-order valence-electron chi connectivity index (χ1n) is 20.8. The summed E-state index contributed by atoms with van der Waals surface area (Å²) in [6.07, 6.45) is 0.0128. The first-order chi connectivity index (χ1) is 29.4. The first-order valence-corrected chi connectivity index (χ1v) is 20.8. The largest absolute Gasteiger partial charge is 0.447 e. The third kappa shape index (κ3) is 21.8. The van der Waals surface area contributed by atoms with E-state index in [9.17, 15) is 38.4 Å². The summed E-state index contributed by atoms with van der Waals surface area (Å²) in [5.41, 5.74) is 5.83. The monoisotopic (exact) mass is 880 g/mol. The SMILES string of the molecule is CCC(=O)N(CCOCCO)CCN(C)C(=O)OCc1ccc(NC(=O)CNC(=O)C(NC(=O)OCCOCCN2C(=O)CC(C(C)C)C2=O)C(C)C)cc1.CCCNC(N)=O. The Hall–Kier alpha value is -5.54. The molecule has 21 heteroatoms. The molecule has 1 aliphatic rings. The van der Waals surface area contributed by atoms with Crippen molar-refractivity contribution >= 4 is 53.4 Å². The number of benzene rings is 1. The molecule has 9 amide bonds. The molecule has 2 atom stereocenters. The van der Waals surface area contributed by atoms with E-state index in [2.05, 4.69) is 21.3 Å². The Labute approximate surface area is 364 Å². The van der Waals surface area contributed by atoms with Crippen molar-refractivity contribution in [3.05, 3.63) is 29.8 Å². The molecule has 0 bridgehead atoms. The molecule has 0 saturated carbocycles. The Morgan fingerprint density at radius 3 is 2.13 bits per heavy atom. The van der Waals surface area contributed by atoms with Gasteiger partial charge in [0.2, 0.25) is 29.5 Å². The smallest absolute Gasteiger partial charge is 0.409 e. The summed E-state index contributed by atoms with van der Waals surface area (Å²) in [7, 11) is 1.57. The highest BCUT2D eigenvalue weighted by Crippen LogP contribution is 2.26. The number of ether oxygens (including phenoxy) is 4. The molecule has 62 heavy (non-hydrogen) atoms. The van der Waals surface area contributed by atoms with E-state index in [4.69, 9.17) is 29.8 Å². The average molecular weight is 881 g/mol. The number of hydrogen-bond acceptors (Lipinski definition) is 13. The molecule has 2 unspecified atom stereocenters. The van der Waals surface area contributed by atoms with Crippen LogP contribution in [0.3, 0.4) is 0 Å². The lowest BCUT2D eigenvalue weighted by atomic mass is 9.94. The van der Waals surface area contributed by atoms with Crippen LogP contribution in [-0.2, 0) is 49.5 Å². The number of carbonyl (C=O) groups is 8. The number of likely N-dealkylation sites (tertiary alicyclic amines) is 1. The van der Waals surface area contributed by atoms with Crippen molar-refractivity contribution in [2.75, 3.05) is 91.3 Å². The second-order valence-electron chi connectivity index (χ2n) is 14.9. The number of urea groups is 1. The number of hydrogen-bond donors (Lipinski definition) is 6. The Balaban J connectivity index is 0.00000251. The molecule has 0 aromatic heterocycles. The van der Waals surface area contributed by atoms with Crippen molar-refractivity contribution in [2.24, 2.45) is 23.5 Å². The molecule has 1 aliphatic heterocycles. The lowest BCUT2D eigenvalue weighted by molar-refractivity contribution is -0.140. The lowest BCUT2D eigenvalue weighted by Crippen LogP contribution is -2.51. The third-order valence-corrected chi connectivity index (χ3v) is 9.21. The number of likely N-dealkylation sites (N-methyl/N-ethyl adjacent to an activating group) is 1. The maximum absolute atomic E-state index is 12.8. The second kappa shape index (κ2) is 30.5. The van der Waals surface area contributed by atoms with Crippen molar-refractivity contribution in [2.45, 2.75) is 73.5 Å². The Morgan fingerprint density at radius 2 is 1.56 bits per heavy atom. The predicted octanol–water partition coefficient (Wildman–Crippen LogP) is 1.42. The van der Waals surface area contributed by atoms with E-state index < -0.39 is 36.1 Å². The van der Waals surface area contributed by atoms with Gasteiger partial charge in [0, 0.05) is 57.7 Å². The average Bonchev–Trinajstić information content (AvgIpc) is 3.53. The van der Waals surface area contributed by atoms with Crippen molar-refractivity contribution in [3.63, 3.8) is 0 Å². The number of imide groups is 1. The minimum atomic E-state index is -0.988. The number of rotatable bonds is 26. The maximum Gasteiger partial charge on any atom is 0.409 e. The topological polar surface area (TPSA) is 278 Å². The van der Waals surface area contributed by atoms with Crippen molar-refractivity contribution in [1.29, 1.82) is 0 Å². The fraction of sp³-hybridized carbons (Fsp3) is 0.659. The molecule has 1 saturated heterocycles. The second-order valence-corrected chi connectivity index (χ2v) is 14.9. The zero-order valence-corrected chi connectivity index (χ0v) is 37.2. The molecule has 21 nitrogen and oxygen atoms in total. The van der Waals surface area contributed by atoms with Crippen LogP contribution in [0.2, 0.25) is 0 Å². The van der Waals surface area contributed by atoms with Gasteiger partial charge in [0.1, 0.15) is 19.3 Å². The first kappa shape index (κ1) is 54.5. The Morgan fingerprint density at radius 1 is 0.887 bits per heavy atom. The molecule has 7 N–H and O–H groups in total. The van der Waals surface area contributed by atoms with Gasteiger partial charge in [0.25, 0.3) is 0 Å². The highest BCUT2D eigenvalue weighted by atomic mass is 16.6. The van der Waals surface area contributed by atoms with Gasteiger partial charge in [-0.15, -0.1) is 0 Å². The summed E-state index contributed by atoms with van der Waals surface area (Å²) >= 11 is 0. The molecule has 1 fully saturated rings. The molecule has 350 valence electrons. The van der Waals surface area contributed by atoms with Gasteiger partial charge >= 0.3 is 18.2 Å². The van der Waals surface area contributed by atoms with Gasteiger partial charge in [-0.2, -0.15) is 0 Å². The molecule has 0 spiro atoms. The molecular formula is C41H68N8O13. The number of aliphatic hydroxyl groups excluding tert-OH is 1. The fourth-order valence-electron chi connectivity index (χ4n) is 5.58. The van der Waals surface area contributed by atoms with Gasteiger partial charge in [-0.1, -0.05) is 53.7 Å². The number of nitrogens with zero attached hydrogens (tertiary/aromatic N) is 3. The summed E-state index contributed by atoms with van der Waals surface area (Å²) in [6.45, 7) is 12.6. The van der Waals surface area contributed by atoms with Crippen LogP contribution in [0.15, 0.2) is 24.3 Å². The summed E-state index contributed by atoms with van der Waals surface area (Å²) in [4.78, 5) is 101. The minimum absolute atomic E-state index is 0.0205. The molecule has 1 aromatic carbocycles. The van der Waals surface area contributed by atoms with Crippen LogP contribution in [-0.4, -0.2) is 160 Å². The lowest BCUT2D eigenvalue weighted by Gasteiger charge is -2.25. The van der Waals surface area contributed by atoms with Crippen LogP contribution in [0.4, 0.5) is 20.1 Å². The van der Waals surface area contributed by atoms with Crippen LogP contribution < -0.4 is 27.0 Å². The molecule has 1 aromatic rings. The van der Waals surface area contributed by atoms with Crippen LogP contribution in [0.5, 0.6) is 0 Å². The van der Waals surface area contributed by atoms with Gasteiger partial charge in [0.05, 0.1) is 46.1 Å². The van der Waals surface area contributed by atoms with Gasteiger partial charge in [-0.3, -0.25) is 28.9 Å². The Kier molecular flexibility index (Phi) is 26.8.